The molecule has 0 aliphatic carbocycles. The number of para-hydroxylation sites is 3. The Bertz CT molecular complexity index is 4710. The molecule has 0 fully saturated rings. The summed E-state index contributed by atoms with van der Waals surface area (Å²) in [5.41, 5.74) is 15.1. The van der Waals surface area contributed by atoms with E-state index < -0.39 is 18.1 Å². The first-order valence-corrected chi connectivity index (χ1v) is 27.2. The molecule has 0 unspecified atom stereocenters. The third kappa shape index (κ3) is 9.47. The number of pyridine rings is 1. The maximum atomic E-state index is 9.54. The van der Waals surface area contributed by atoms with Crippen molar-refractivity contribution < 1.29 is 39.8 Å². The number of aromatic nitrogens is 2. The van der Waals surface area contributed by atoms with Crippen molar-refractivity contribution in [1.82, 2.24) is 9.55 Å². The predicted octanol–water partition coefficient (Wildman–Crippen LogP) is 20.5. The van der Waals surface area contributed by atoms with E-state index in [-0.39, 0.29) is 90.0 Å². The van der Waals surface area contributed by atoms with E-state index in [0.717, 1.165) is 55.7 Å². The van der Waals surface area contributed by atoms with Gasteiger partial charge in [0.15, 0.2) is 0 Å². The molecule has 0 N–H and O–H groups in total. The Balaban J connectivity index is 0.00000739. The Morgan fingerprint density at radius 2 is 1.30 bits per heavy atom. The molecule has 1 aliphatic heterocycles. The van der Waals surface area contributed by atoms with E-state index in [1.165, 1.54) is 27.8 Å². The fraction of sp³-hybridized carbons (Fsp3) is 0.178. The average molecular weight is 1230 g/mol. The van der Waals surface area contributed by atoms with Gasteiger partial charge in [-0.1, -0.05) is 165 Å². The Morgan fingerprint density at radius 3 is 2.05 bits per heavy atom. The van der Waals surface area contributed by atoms with Gasteiger partial charge >= 0.3 is 0 Å². The molecule has 6 nitrogen and oxygen atoms in total. The van der Waals surface area contributed by atoms with E-state index >= 15 is 0 Å². The van der Waals surface area contributed by atoms with Crippen LogP contribution in [0.15, 0.2) is 199 Å². The first-order valence-electron chi connectivity index (χ1n) is 30.7. The Hall–Kier alpha value is -8.18. The van der Waals surface area contributed by atoms with E-state index in [2.05, 4.69) is 180 Å². The molecule has 13 rings (SSSR count). The number of ether oxygens (including phenoxy) is 1. The molecule has 9 aromatic carbocycles. The van der Waals surface area contributed by atoms with E-state index in [4.69, 9.17) is 19.6 Å². The molecule has 0 amide bonds. The minimum absolute atomic E-state index is 0. The second-order valence-corrected chi connectivity index (χ2v) is 22.6. The summed E-state index contributed by atoms with van der Waals surface area (Å²) in [5, 5.41) is 1.54. The quantitative estimate of drug-likeness (QED) is 0.121. The minimum atomic E-state index is -0.482. The summed E-state index contributed by atoms with van der Waals surface area (Å²) < 4.78 is 77.2. The molecule has 0 radical (unpaired) electrons. The van der Waals surface area contributed by atoms with Crippen LogP contribution in [0.4, 0.5) is 22.7 Å². The largest absolute Gasteiger partial charge is 0.509 e. The summed E-state index contributed by atoms with van der Waals surface area (Å²) in [6, 6.07) is 54.8. The van der Waals surface area contributed by atoms with Crippen LogP contribution >= 0.6 is 0 Å². The van der Waals surface area contributed by atoms with Crippen molar-refractivity contribution in [3.8, 4) is 50.7 Å². The van der Waals surface area contributed by atoms with Crippen molar-refractivity contribution >= 4 is 66.5 Å². The van der Waals surface area contributed by atoms with Gasteiger partial charge in [0.05, 0.1) is 9.60 Å². The predicted molar refractivity (Wildman–Crippen MR) is 329 cm³/mol. The van der Waals surface area contributed by atoms with Gasteiger partial charge in [0.1, 0.15) is 17.0 Å². The zero-order chi connectivity index (χ0) is 60.4. The first-order chi connectivity index (χ1) is 41.2. The van der Waals surface area contributed by atoms with E-state index in [1.54, 1.807) is 0 Å². The molecular weight excluding hydrogens is 1160 g/mol. The van der Waals surface area contributed by atoms with Gasteiger partial charge in [0.25, 0.3) is 0 Å². The second-order valence-electron chi connectivity index (χ2n) is 22.6. The van der Waals surface area contributed by atoms with E-state index in [0.29, 0.717) is 34.3 Å². The average Bonchev–Trinajstić information content (AvgIpc) is 2.55. The van der Waals surface area contributed by atoms with Crippen LogP contribution in [0.1, 0.15) is 112 Å². The Kier molecular flexibility index (Phi) is 11.6. The van der Waals surface area contributed by atoms with Crippen molar-refractivity contribution in [3.05, 3.63) is 235 Å². The molecular formula is C73H63N4O2Pt-3. The van der Waals surface area contributed by atoms with Gasteiger partial charge in [0, 0.05) is 72.1 Å². The fourth-order valence-corrected chi connectivity index (χ4v) is 11.0. The van der Waals surface area contributed by atoms with Gasteiger partial charge < -0.3 is 23.5 Å². The molecule has 400 valence electrons. The first kappa shape index (κ1) is 44.6. The van der Waals surface area contributed by atoms with E-state index in [9.17, 15) is 4.11 Å². The third-order valence-electron chi connectivity index (χ3n) is 15.3. The van der Waals surface area contributed by atoms with Crippen LogP contribution < -0.4 is 14.5 Å². The van der Waals surface area contributed by atoms with Gasteiger partial charge in [-0.15, -0.1) is 48.1 Å². The van der Waals surface area contributed by atoms with Crippen molar-refractivity contribution in [2.75, 3.05) is 9.80 Å². The number of anilines is 4. The van der Waals surface area contributed by atoms with Gasteiger partial charge in [-0.25, -0.2) is 4.98 Å². The molecule has 1 aliphatic rings. The van der Waals surface area contributed by atoms with Gasteiger partial charge in [-0.05, 0) is 145 Å². The number of furan rings is 1. The van der Waals surface area contributed by atoms with Gasteiger partial charge in [0.2, 0.25) is 0 Å². The Labute approximate surface area is 494 Å². The van der Waals surface area contributed by atoms with E-state index in [1.807, 2.05) is 66.9 Å². The molecule has 0 bridgehead atoms. The summed E-state index contributed by atoms with van der Waals surface area (Å²) in [7, 11) is 0. The van der Waals surface area contributed by atoms with Gasteiger partial charge in [-0.3, -0.25) is 0 Å². The topological polar surface area (TPSA) is 46.7 Å². The molecule has 4 heterocycles. The summed E-state index contributed by atoms with van der Waals surface area (Å²) >= 11 is 0. The van der Waals surface area contributed by atoms with Crippen LogP contribution in [0.3, 0.4) is 0 Å². The molecule has 0 saturated heterocycles. The molecule has 3 aromatic heterocycles. The maximum Gasteiger partial charge on any atom is 0.136 e. The molecule has 0 atom stereocenters. The summed E-state index contributed by atoms with van der Waals surface area (Å²) in [5.74, 6) is 2.39. The van der Waals surface area contributed by atoms with Crippen molar-refractivity contribution in [2.45, 2.75) is 85.5 Å². The van der Waals surface area contributed by atoms with Crippen molar-refractivity contribution in [2.24, 2.45) is 0 Å². The minimum Gasteiger partial charge on any atom is -0.509 e. The van der Waals surface area contributed by atoms with Crippen LogP contribution in [0.25, 0.3) is 82.9 Å². The SMILES string of the molecule is [2H]c1c([2H])c([2H])c2c(oc3c([2H])c(-c4ccc5c(c4)c4ccc(Oc6[c-]c(N7[CH-]N(c8cc(-c9ccccc9)cc(C(C)(C)C)c8)c8ccccc87)ccc6)[c-]c4n5-c4cc(-c5c(C(C)C)cc(C(C)C)cc5C(C)C)ccn4)c([2H])c([2H])c32)c1[2H].[Pt]. The summed E-state index contributed by atoms with van der Waals surface area (Å²) in [6.07, 6.45) is 1.86. The van der Waals surface area contributed by atoms with Crippen LogP contribution in [0.5, 0.6) is 11.5 Å². The van der Waals surface area contributed by atoms with Crippen molar-refractivity contribution in [1.29, 1.82) is 0 Å². The number of hydrogen-bond donors (Lipinski definition) is 0. The fourth-order valence-electron chi connectivity index (χ4n) is 11.0. The van der Waals surface area contributed by atoms with Crippen LogP contribution in [0.2, 0.25) is 0 Å². The zero-order valence-electron chi connectivity index (χ0n) is 53.2. The molecule has 80 heavy (non-hydrogen) atoms. The summed E-state index contributed by atoms with van der Waals surface area (Å²) in [4.78, 5) is 9.47. The monoisotopic (exact) mass is 1230 g/mol. The standard InChI is InChI=1S/C73H63N4O2.Pt/c1-45(2)52-37-62(46(3)4)72(63(38-52)47(5)6)51-32-33-74-71(40-51)77-65-31-27-49(50-26-29-61-60-22-13-16-25-69(60)79-70(61)39-50)36-64(65)59-30-28-58(43-68(59)77)78-57-21-17-20-55(42-57)75-44-76(67-24-15-14-23-66(67)75)56-35-53(48-18-11-10-12-19-48)34-54(41-56)73(7,8)9;/h10-41,44-47H,1-9H3;/q-3;/i13D,16D,22D,25D,26D,29D,39D;. The van der Waals surface area contributed by atoms with Gasteiger partial charge in [-0.2, -0.15) is 12.1 Å². The van der Waals surface area contributed by atoms with Crippen LogP contribution in [-0.4, -0.2) is 9.55 Å². The zero-order valence-corrected chi connectivity index (χ0v) is 48.4. The number of fused-ring (bicyclic) bond motifs is 7. The Morgan fingerprint density at radius 1 is 0.575 bits per heavy atom. The third-order valence-corrected chi connectivity index (χ3v) is 15.3. The number of benzene rings is 9. The maximum absolute atomic E-state index is 9.54. The smallest absolute Gasteiger partial charge is 0.136 e. The summed E-state index contributed by atoms with van der Waals surface area (Å²) in [6.45, 7) is 22.3. The molecule has 7 heteroatoms. The molecule has 0 saturated carbocycles. The normalized spacial score (nSPS) is 13.9. The second kappa shape index (κ2) is 20.8. The number of rotatable bonds is 11. The molecule has 12 aromatic rings. The van der Waals surface area contributed by atoms with Crippen molar-refractivity contribution in [3.63, 3.8) is 0 Å². The number of hydrogen-bond acceptors (Lipinski definition) is 5. The van der Waals surface area contributed by atoms with Crippen LogP contribution in [-0.2, 0) is 26.5 Å². The molecule has 0 spiro atoms. The van der Waals surface area contributed by atoms with Crippen LogP contribution in [0, 0.1) is 18.8 Å². The number of nitrogens with zero attached hydrogens (tertiary/aromatic N) is 4.